The molecular formula is C16H20F3N3O. The van der Waals surface area contributed by atoms with Gasteiger partial charge in [0.25, 0.3) is 0 Å². The van der Waals surface area contributed by atoms with E-state index in [1.54, 1.807) is 4.90 Å². The lowest BCUT2D eigenvalue weighted by atomic mass is 9.80. The first-order valence-electron chi connectivity index (χ1n) is 7.82. The zero-order valence-corrected chi connectivity index (χ0v) is 12.7. The van der Waals surface area contributed by atoms with Crippen LogP contribution in [0.25, 0.3) is 0 Å². The molecule has 4 nitrogen and oxygen atoms in total. The van der Waals surface area contributed by atoms with Crippen LogP contribution in [-0.2, 0) is 6.18 Å². The minimum atomic E-state index is -4.36. The van der Waals surface area contributed by atoms with E-state index < -0.39 is 11.7 Å². The molecule has 0 bridgehead atoms. The molecule has 2 aliphatic heterocycles. The standard InChI is InChI=1S/C16H20F3N3O/c17-16(18,19)12-2-4-13(5-3-12)21-14(23)22-9-7-15(11-22)6-1-8-20-10-15/h2-5,20H,1,6-11H2,(H,21,23). The van der Waals surface area contributed by atoms with Gasteiger partial charge in [0.15, 0.2) is 0 Å². The first-order valence-corrected chi connectivity index (χ1v) is 7.82. The molecule has 23 heavy (non-hydrogen) atoms. The minimum Gasteiger partial charge on any atom is -0.324 e. The van der Waals surface area contributed by atoms with E-state index in [1.165, 1.54) is 12.1 Å². The van der Waals surface area contributed by atoms with Gasteiger partial charge in [0.05, 0.1) is 5.56 Å². The fourth-order valence-corrected chi connectivity index (χ4v) is 3.43. The second-order valence-corrected chi connectivity index (χ2v) is 6.46. The first-order chi connectivity index (χ1) is 10.9. The predicted octanol–water partition coefficient (Wildman–Crippen LogP) is 3.31. The molecule has 1 aromatic carbocycles. The Balaban J connectivity index is 1.59. The Kier molecular flexibility index (Phi) is 4.23. The molecule has 2 amide bonds. The summed E-state index contributed by atoms with van der Waals surface area (Å²) in [4.78, 5) is 14.0. The van der Waals surface area contributed by atoms with E-state index in [-0.39, 0.29) is 11.4 Å². The molecule has 126 valence electrons. The lowest BCUT2D eigenvalue weighted by Crippen LogP contribution is -2.43. The van der Waals surface area contributed by atoms with Crippen molar-refractivity contribution in [2.24, 2.45) is 5.41 Å². The summed E-state index contributed by atoms with van der Waals surface area (Å²) < 4.78 is 37.6. The van der Waals surface area contributed by atoms with Crippen molar-refractivity contribution in [3.05, 3.63) is 29.8 Å². The lowest BCUT2D eigenvalue weighted by molar-refractivity contribution is -0.137. The maximum atomic E-state index is 12.5. The van der Waals surface area contributed by atoms with Crippen LogP contribution in [0.15, 0.2) is 24.3 Å². The van der Waals surface area contributed by atoms with E-state index in [4.69, 9.17) is 0 Å². The lowest BCUT2D eigenvalue weighted by Gasteiger charge is -2.33. The van der Waals surface area contributed by atoms with Crippen molar-refractivity contribution in [2.75, 3.05) is 31.5 Å². The second kappa shape index (κ2) is 6.03. The summed E-state index contributed by atoms with van der Waals surface area (Å²) in [6.45, 7) is 3.34. The Morgan fingerprint density at radius 3 is 2.57 bits per heavy atom. The van der Waals surface area contributed by atoms with Gasteiger partial charge in [-0.2, -0.15) is 13.2 Å². The van der Waals surface area contributed by atoms with Gasteiger partial charge in [0, 0.05) is 30.7 Å². The van der Waals surface area contributed by atoms with E-state index in [2.05, 4.69) is 10.6 Å². The summed E-state index contributed by atoms with van der Waals surface area (Å²) in [6.07, 6.45) is -1.16. The van der Waals surface area contributed by atoms with Crippen molar-refractivity contribution in [3.63, 3.8) is 0 Å². The van der Waals surface area contributed by atoms with Crippen LogP contribution in [0.3, 0.4) is 0 Å². The Morgan fingerprint density at radius 1 is 1.22 bits per heavy atom. The highest BCUT2D eigenvalue weighted by Crippen LogP contribution is 2.36. The highest BCUT2D eigenvalue weighted by Gasteiger charge is 2.40. The molecule has 2 saturated heterocycles. The smallest absolute Gasteiger partial charge is 0.324 e. The zero-order valence-electron chi connectivity index (χ0n) is 12.7. The third-order valence-electron chi connectivity index (χ3n) is 4.75. The van der Waals surface area contributed by atoms with Crippen LogP contribution in [0.5, 0.6) is 0 Å². The molecule has 2 aliphatic rings. The van der Waals surface area contributed by atoms with Crippen LogP contribution in [0, 0.1) is 5.41 Å². The van der Waals surface area contributed by atoms with Crippen molar-refractivity contribution in [1.82, 2.24) is 10.2 Å². The maximum Gasteiger partial charge on any atom is 0.416 e. The predicted molar refractivity (Wildman–Crippen MR) is 81.2 cm³/mol. The highest BCUT2D eigenvalue weighted by atomic mass is 19.4. The molecule has 0 saturated carbocycles. The van der Waals surface area contributed by atoms with Crippen LogP contribution < -0.4 is 10.6 Å². The van der Waals surface area contributed by atoms with Crippen LogP contribution in [-0.4, -0.2) is 37.1 Å². The molecule has 2 heterocycles. The Morgan fingerprint density at radius 2 is 1.96 bits per heavy atom. The fourth-order valence-electron chi connectivity index (χ4n) is 3.43. The topological polar surface area (TPSA) is 44.4 Å². The minimum absolute atomic E-state index is 0.162. The van der Waals surface area contributed by atoms with Gasteiger partial charge >= 0.3 is 12.2 Å². The largest absolute Gasteiger partial charge is 0.416 e. The van der Waals surface area contributed by atoms with Crippen molar-refractivity contribution < 1.29 is 18.0 Å². The Bertz CT molecular complexity index is 565. The van der Waals surface area contributed by atoms with Gasteiger partial charge in [-0.1, -0.05) is 0 Å². The quantitative estimate of drug-likeness (QED) is 0.831. The van der Waals surface area contributed by atoms with Gasteiger partial charge in [-0.3, -0.25) is 0 Å². The molecule has 1 spiro atoms. The molecule has 1 unspecified atom stereocenters. The molecular weight excluding hydrogens is 307 g/mol. The average molecular weight is 327 g/mol. The van der Waals surface area contributed by atoms with Crippen LogP contribution >= 0.6 is 0 Å². The second-order valence-electron chi connectivity index (χ2n) is 6.46. The molecule has 1 aromatic rings. The number of piperidine rings is 1. The van der Waals surface area contributed by atoms with Gasteiger partial charge in [-0.05, 0) is 50.1 Å². The Hall–Kier alpha value is -1.76. The molecule has 3 rings (SSSR count). The van der Waals surface area contributed by atoms with E-state index in [9.17, 15) is 18.0 Å². The third kappa shape index (κ3) is 3.60. The van der Waals surface area contributed by atoms with Crippen molar-refractivity contribution in [2.45, 2.75) is 25.4 Å². The summed E-state index contributed by atoms with van der Waals surface area (Å²) >= 11 is 0. The number of halogens is 3. The number of nitrogens with zero attached hydrogens (tertiary/aromatic N) is 1. The molecule has 7 heteroatoms. The molecule has 0 aromatic heterocycles. The highest BCUT2D eigenvalue weighted by molar-refractivity contribution is 5.89. The number of nitrogens with one attached hydrogen (secondary N) is 2. The number of carbonyl (C=O) groups excluding carboxylic acids is 1. The van der Waals surface area contributed by atoms with Gasteiger partial charge in [-0.25, -0.2) is 4.79 Å². The van der Waals surface area contributed by atoms with Crippen molar-refractivity contribution >= 4 is 11.7 Å². The summed E-state index contributed by atoms with van der Waals surface area (Å²) in [5.74, 6) is 0. The number of likely N-dealkylation sites (tertiary alicyclic amines) is 1. The number of carbonyl (C=O) groups is 1. The molecule has 0 radical (unpaired) electrons. The number of amides is 2. The van der Waals surface area contributed by atoms with Crippen molar-refractivity contribution in [1.29, 1.82) is 0 Å². The summed E-state index contributed by atoms with van der Waals surface area (Å²) in [6, 6.07) is 4.29. The zero-order chi connectivity index (χ0) is 16.5. The monoisotopic (exact) mass is 327 g/mol. The Labute approximate surface area is 133 Å². The van der Waals surface area contributed by atoms with E-state index in [1.807, 2.05) is 0 Å². The van der Waals surface area contributed by atoms with E-state index in [0.717, 1.165) is 44.5 Å². The SMILES string of the molecule is O=C(Nc1ccc(C(F)(F)F)cc1)N1CCC2(CCCNC2)C1. The van der Waals surface area contributed by atoms with Crippen LogP contribution in [0.2, 0.25) is 0 Å². The maximum absolute atomic E-state index is 12.5. The molecule has 1 atom stereocenters. The number of rotatable bonds is 1. The van der Waals surface area contributed by atoms with Gasteiger partial charge in [0.1, 0.15) is 0 Å². The van der Waals surface area contributed by atoms with Gasteiger partial charge < -0.3 is 15.5 Å². The molecule has 0 aliphatic carbocycles. The first kappa shape index (κ1) is 16.1. The number of alkyl halides is 3. The number of hydrogen-bond donors (Lipinski definition) is 2. The van der Waals surface area contributed by atoms with Gasteiger partial charge in [0.2, 0.25) is 0 Å². The van der Waals surface area contributed by atoms with Crippen LogP contribution in [0.4, 0.5) is 23.7 Å². The third-order valence-corrected chi connectivity index (χ3v) is 4.75. The normalized spacial score (nSPS) is 24.9. The van der Waals surface area contributed by atoms with Gasteiger partial charge in [-0.15, -0.1) is 0 Å². The summed E-state index contributed by atoms with van der Waals surface area (Å²) in [5, 5.41) is 6.07. The van der Waals surface area contributed by atoms with Crippen LogP contribution in [0.1, 0.15) is 24.8 Å². The fraction of sp³-hybridized carbons (Fsp3) is 0.562. The summed E-state index contributed by atoms with van der Waals surface area (Å²) in [5.41, 5.74) is -0.176. The number of urea groups is 1. The molecule has 2 N–H and O–H groups in total. The summed E-state index contributed by atoms with van der Waals surface area (Å²) in [7, 11) is 0. The average Bonchev–Trinajstić information content (AvgIpc) is 2.91. The van der Waals surface area contributed by atoms with E-state index >= 15 is 0 Å². The van der Waals surface area contributed by atoms with E-state index in [0.29, 0.717) is 18.8 Å². The number of benzene rings is 1. The number of anilines is 1. The van der Waals surface area contributed by atoms with Crippen molar-refractivity contribution in [3.8, 4) is 0 Å². The number of hydrogen-bond acceptors (Lipinski definition) is 2. The molecule has 2 fully saturated rings.